The first-order valence-corrected chi connectivity index (χ1v) is 10.1. The van der Waals surface area contributed by atoms with E-state index in [1.165, 1.54) is 16.0 Å². The fourth-order valence-corrected chi connectivity index (χ4v) is 4.59. The number of esters is 1. The predicted octanol–water partition coefficient (Wildman–Crippen LogP) is 3.22. The van der Waals surface area contributed by atoms with Gasteiger partial charge >= 0.3 is 5.97 Å². The lowest BCUT2D eigenvalue weighted by molar-refractivity contribution is 0.0519. The van der Waals surface area contributed by atoms with E-state index in [0.717, 1.165) is 4.88 Å². The molecule has 26 heavy (non-hydrogen) atoms. The minimum atomic E-state index is -3.64. The summed E-state index contributed by atoms with van der Waals surface area (Å²) in [4.78, 5) is 12.6. The molecule has 3 rings (SSSR count). The molecule has 2 heterocycles. The van der Waals surface area contributed by atoms with Gasteiger partial charge in [-0.1, -0.05) is 6.07 Å². The summed E-state index contributed by atoms with van der Waals surface area (Å²) in [6, 6.07) is 11.6. The lowest BCUT2D eigenvalue weighted by atomic mass is 10.3. The number of hydrogen-bond acceptors (Lipinski definition) is 6. The maximum Gasteiger partial charge on any atom is 0.358 e. The molecule has 7 nitrogen and oxygen atoms in total. The summed E-state index contributed by atoms with van der Waals surface area (Å²) >= 11 is 1.21. The summed E-state index contributed by atoms with van der Waals surface area (Å²) in [5, 5.41) is 4.17. The number of sulfonamides is 1. The quantitative estimate of drug-likeness (QED) is 0.652. The Kier molecular flexibility index (Phi) is 5.10. The van der Waals surface area contributed by atoms with Crippen molar-refractivity contribution in [3.05, 3.63) is 59.2 Å². The number of nitrogens with zero attached hydrogens (tertiary/aromatic N) is 2. The molecule has 1 aromatic carbocycles. The number of benzene rings is 1. The van der Waals surface area contributed by atoms with E-state index >= 15 is 0 Å². The van der Waals surface area contributed by atoms with Gasteiger partial charge in [0, 0.05) is 11.1 Å². The van der Waals surface area contributed by atoms with E-state index in [2.05, 4.69) is 9.82 Å². The van der Waals surface area contributed by atoms with Gasteiger partial charge in [0.15, 0.2) is 5.69 Å². The van der Waals surface area contributed by atoms with Crippen LogP contribution in [0.4, 0.5) is 5.69 Å². The third-order valence-corrected chi connectivity index (χ3v) is 6.29. The van der Waals surface area contributed by atoms with Crippen molar-refractivity contribution in [2.75, 3.05) is 11.3 Å². The van der Waals surface area contributed by atoms with Crippen molar-refractivity contribution in [2.45, 2.75) is 18.1 Å². The molecule has 0 atom stereocenters. The first kappa shape index (κ1) is 18.2. The summed E-state index contributed by atoms with van der Waals surface area (Å²) in [6.45, 7) is 3.84. The van der Waals surface area contributed by atoms with Crippen LogP contribution in [0.15, 0.2) is 52.9 Å². The minimum absolute atomic E-state index is 0.187. The van der Waals surface area contributed by atoms with Crippen LogP contribution in [-0.4, -0.2) is 30.8 Å². The maximum atomic E-state index is 12.4. The Labute approximate surface area is 155 Å². The molecule has 0 radical (unpaired) electrons. The van der Waals surface area contributed by atoms with E-state index < -0.39 is 16.0 Å². The van der Waals surface area contributed by atoms with Crippen LogP contribution in [0.3, 0.4) is 0 Å². The van der Waals surface area contributed by atoms with Crippen molar-refractivity contribution in [2.24, 2.45) is 0 Å². The second-order valence-electron chi connectivity index (χ2n) is 5.39. The monoisotopic (exact) mass is 391 g/mol. The SMILES string of the molecule is CCOC(=O)c1ccn(-c2cccc(NS(=O)(=O)c3ccc(C)s3)c2)n1. The smallest absolute Gasteiger partial charge is 0.358 e. The van der Waals surface area contributed by atoms with Gasteiger partial charge in [-0.05, 0) is 50.2 Å². The lowest BCUT2D eigenvalue weighted by Crippen LogP contribution is -2.11. The number of rotatable bonds is 6. The number of hydrogen-bond donors (Lipinski definition) is 1. The Balaban J connectivity index is 1.84. The normalized spacial score (nSPS) is 11.3. The highest BCUT2D eigenvalue weighted by atomic mass is 32.2. The van der Waals surface area contributed by atoms with Gasteiger partial charge < -0.3 is 4.74 Å². The number of thiophene rings is 1. The highest BCUT2D eigenvalue weighted by Crippen LogP contribution is 2.24. The first-order valence-electron chi connectivity index (χ1n) is 7.81. The average Bonchev–Trinajstić information content (AvgIpc) is 3.24. The number of aryl methyl sites for hydroxylation is 1. The number of carbonyl (C=O) groups excluding carboxylic acids is 1. The molecule has 0 saturated heterocycles. The Morgan fingerprint density at radius 1 is 1.27 bits per heavy atom. The fourth-order valence-electron chi connectivity index (χ4n) is 2.26. The zero-order valence-electron chi connectivity index (χ0n) is 14.2. The van der Waals surface area contributed by atoms with Gasteiger partial charge in [-0.25, -0.2) is 17.9 Å². The van der Waals surface area contributed by atoms with Crippen molar-refractivity contribution in [1.82, 2.24) is 9.78 Å². The van der Waals surface area contributed by atoms with Crippen LogP contribution in [0, 0.1) is 6.92 Å². The van der Waals surface area contributed by atoms with Crippen molar-refractivity contribution >= 4 is 33.0 Å². The number of aromatic nitrogens is 2. The second-order valence-corrected chi connectivity index (χ2v) is 8.58. The Hall–Kier alpha value is -2.65. The van der Waals surface area contributed by atoms with Crippen LogP contribution in [-0.2, 0) is 14.8 Å². The van der Waals surface area contributed by atoms with Gasteiger partial charge in [-0.15, -0.1) is 11.3 Å². The Bertz CT molecular complexity index is 1040. The van der Waals surface area contributed by atoms with Gasteiger partial charge in [0.2, 0.25) is 0 Å². The first-order chi connectivity index (χ1) is 12.4. The van der Waals surface area contributed by atoms with Gasteiger partial charge in [0.1, 0.15) is 4.21 Å². The molecule has 0 unspecified atom stereocenters. The molecule has 0 saturated carbocycles. The molecule has 136 valence electrons. The van der Waals surface area contributed by atoms with Crippen molar-refractivity contribution in [3.63, 3.8) is 0 Å². The van der Waals surface area contributed by atoms with Crippen molar-refractivity contribution in [1.29, 1.82) is 0 Å². The van der Waals surface area contributed by atoms with Crippen LogP contribution in [0.2, 0.25) is 0 Å². The minimum Gasteiger partial charge on any atom is -0.461 e. The van der Waals surface area contributed by atoms with Crippen LogP contribution < -0.4 is 4.72 Å². The maximum absolute atomic E-state index is 12.4. The molecular weight excluding hydrogens is 374 g/mol. The van der Waals surface area contributed by atoms with Gasteiger partial charge in [-0.3, -0.25) is 4.72 Å². The zero-order chi connectivity index (χ0) is 18.7. The van der Waals surface area contributed by atoms with Crippen molar-refractivity contribution in [3.8, 4) is 5.69 Å². The molecule has 1 N–H and O–H groups in total. The van der Waals surface area contributed by atoms with E-state index in [1.807, 2.05) is 6.92 Å². The van der Waals surface area contributed by atoms with E-state index in [0.29, 0.717) is 11.4 Å². The third-order valence-electron chi connectivity index (χ3n) is 3.42. The summed E-state index contributed by atoms with van der Waals surface area (Å²) in [5.74, 6) is -0.504. The van der Waals surface area contributed by atoms with Crippen LogP contribution in [0.5, 0.6) is 0 Å². The van der Waals surface area contributed by atoms with Gasteiger partial charge in [0.25, 0.3) is 10.0 Å². The molecule has 3 aromatic rings. The Morgan fingerprint density at radius 3 is 2.77 bits per heavy atom. The number of nitrogens with one attached hydrogen (secondary N) is 1. The Morgan fingerprint density at radius 2 is 2.08 bits per heavy atom. The second kappa shape index (κ2) is 7.30. The lowest BCUT2D eigenvalue weighted by Gasteiger charge is -2.08. The number of anilines is 1. The highest BCUT2D eigenvalue weighted by Gasteiger charge is 2.17. The molecule has 0 aliphatic carbocycles. The van der Waals surface area contributed by atoms with Crippen LogP contribution in [0.1, 0.15) is 22.3 Å². The van der Waals surface area contributed by atoms with Gasteiger partial charge in [0.05, 0.1) is 18.0 Å². The molecule has 0 amide bonds. The van der Waals surface area contributed by atoms with Crippen LogP contribution in [0.25, 0.3) is 5.69 Å². The zero-order valence-corrected chi connectivity index (χ0v) is 15.8. The third kappa shape index (κ3) is 3.94. The van der Waals surface area contributed by atoms with E-state index in [-0.39, 0.29) is 16.5 Å². The topological polar surface area (TPSA) is 90.3 Å². The predicted molar refractivity (Wildman–Crippen MR) is 99.4 cm³/mol. The largest absolute Gasteiger partial charge is 0.461 e. The molecule has 9 heteroatoms. The molecular formula is C17H17N3O4S2. The molecule has 0 aliphatic heterocycles. The van der Waals surface area contributed by atoms with E-state index in [1.54, 1.807) is 55.6 Å². The fraction of sp³-hybridized carbons (Fsp3) is 0.176. The van der Waals surface area contributed by atoms with Crippen LogP contribution >= 0.6 is 11.3 Å². The number of carbonyl (C=O) groups is 1. The average molecular weight is 391 g/mol. The van der Waals surface area contributed by atoms with E-state index in [4.69, 9.17) is 4.74 Å². The standard InChI is InChI=1S/C17H17N3O4S2/c1-3-24-17(21)15-9-10-20(18-15)14-6-4-5-13(11-14)19-26(22,23)16-8-7-12(2)25-16/h4-11,19H,3H2,1-2H3. The summed E-state index contributed by atoms with van der Waals surface area (Å²) in [6.07, 6.45) is 1.61. The molecule has 0 bridgehead atoms. The molecule has 0 spiro atoms. The summed E-state index contributed by atoms with van der Waals surface area (Å²) in [7, 11) is -3.64. The van der Waals surface area contributed by atoms with Gasteiger partial charge in [-0.2, -0.15) is 5.10 Å². The molecule has 0 aliphatic rings. The molecule has 2 aromatic heterocycles. The molecule has 0 fully saturated rings. The summed E-state index contributed by atoms with van der Waals surface area (Å²) in [5.41, 5.74) is 1.21. The van der Waals surface area contributed by atoms with Crippen molar-refractivity contribution < 1.29 is 17.9 Å². The highest BCUT2D eigenvalue weighted by molar-refractivity contribution is 7.94. The summed E-state index contributed by atoms with van der Waals surface area (Å²) < 4.78 is 34.1. The van der Waals surface area contributed by atoms with E-state index in [9.17, 15) is 13.2 Å². The number of ether oxygens (including phenoxy) is 1.